The number of aliphatic carboxylic acids is 1. The summed E-state index contributed by atoms with van der Waals surface area (Å²) in [5.74, 6) is 0.919. The molecule has 0 spiro atoms. The predicted octanol–water partition coefficient (Wildman–Crippen LogP) is 2.75. The molecule has 0 radical (unpaired) electrons. The molecule has 2 rings (SSSR count). The molecule has 0 amide bonds. The van der Waals surface area contributed by atoms with Gasteiger partial charge in [0, 0.05) is 12.5 Å². The van der Waals surface area contributed by atoms with Gasteiger partial charge in [0.25, 0.3) is 0 Å². The van der Waals surface area contributed by atoms with Gasteiger partial charge in [0.1, 0.15) is 0 Å². The van der Waals surface area contributed by atoms with Crippen molar-refractivity contribution in [1.29, 1.82) is 0 Å². The lowest BCUT2D eigenvalue weighted by Crippen LogP contribution is -2.40. The van der Waals surface area contributed by atoms with Crippen molar-refractivity contribution in [3.8, 4) is 0 Å². The van der Waals surface area contributed by atoms with Crippen LogP contribution in [-0.2, 0) is 4.79 Å². The van der Waals surface area contributed by atoms with Gasteiger partial charge < -0.3 is 10.0 Å². The minimum absolute atomic E-state index is 0.352. The van der Waals surface area contributed by atoms with Crippen LogP contribution in [-0.4, -0.2) is 35.1 Å². The first-order valence-corrected chi connectivity index (χ1v) is 7.11. The van der Waals surface area contributed by atoms with E-state index in [0.29, 0.717) is 12.3 Å². The molecule has 2 atom stereocenters. The molecule has 3 heteroatoms. The van der Waals surface area contributed by atoms with Gasteiger partial charge in [-0.1, -0.05) is 6.92 Å². The van der Waals surface area contributed by atoms with Crippen LogP contribution >= 0.6 is 0 Å². The van der Waals surface area contributed by atoms with Crippen LogP contribution in [0.5, 0.6) is 0 Å². The highest BCUT2D eigenvalue weighted by atomic mass is 16.4. The zero-order valence-electron chi connectivity index (χ0n) is 10.9. The first kappa shape index (κ1) is 12.9. The zero-order valence-corrected chi connectivity index (χ0v) is 10.9. The Balaban J connectivity index is 1.69. The largest absolute Gasteiger partial charge is 0.481 e. The molecule has 2 fully saturated rings. The Hall–Kier alpha value is -0.570. The van der Waals surface area contributed by atoms with Crippen molar-refractivity contribution in [3.05, 3.63) is 0 Å². The van der Waals surface area contributed by atoms with Crippen LogP contribution in [0.2, 0.25) is 0 Å². The molecule has 17 heavy (non-hydrogen) atoms. The van der Waals surface area contributed by atoms with Crippen LogP contribution in [0.4, 0.5) is 0 Å². The number of carbonyl (C=O) groups is 1. The molecule has 98 valence electrons. The van der Waals surface area contributed by atoms with E-state index in [4.69, 9.17) is 5.11 Å². The number of likely N-dealkylation sites (tertiary alicyclic amines) is 1. The second kappa shape index (κ2) is 5.85. The van der Waals surface area contributed by atoms with Crippen LogP contribution in [0.3, 0.4) is 0 Å². The summed E-state index contributed by atoms with van der Waals surface area (Å²) in [7, 11) is 0. The van der Waals surface area contributed by atoms with Gasteiger partial charge >= 0.3 is 5.97 Å². The van der Waals surface area contributed by atoms with E-state index in [1.54, 1.807) is 0 Å². The van der Waals surface area contributed by atoms with Crippen molar-refractivity contribution >= 4 is 5.97 Å². The third-order valence-electron chi connectivity index (χ3n) is 4.60. The Labute approximate surface area is 104 Å². The fraction of sp³-hybridized carbons (Fsp3) is 0.929. The Bertz CT molecular complexity index is 259. The van der Waals surface area contributed by atoms with Gasteiger partial charge in [0.15, 0.2) is 0 Å². The summed E-state index contributed by atoms with van der Waals surface area (Å²) in [4.78, 5) is 13.2. The quantitative estimate of drug-likeness (QED) is 0.820. The zero-order chi connectivity index (χ0) is 12.3. The minimum Gasteiger partial charge on any atom is -0.481 e. The lowest BCUT2D eigenvalue weighted by Gasteiger charge is -2.36. The van der Waals surface area contributed by atoms with Crippen LogP contribution in [0.25, 0.3) is 0 Å². The highest BCUT2D eigenvalue weighted by molar-refractivity contribution is 5.66. The van der Waals surface area contributed by atoms with E-state index in [2.05, 4.69) is 11.8 Å². The van der Waals surface area contributed by atoms with Gasteiger partial charge in [0.2, 0.25) is 0 Å². The average Bonchev–Trinajstić information content (AvgIpc) is 2.74. The summed E-state index contributed by atoms with van der Waals surface area (Å²) in [6, 6.07) is 0.824. The summed E-state index contributed by atoms with van der Waals surface area (Å²) in [5.41, 5.74) is 0. The standard InChI is InChI=1S/C14H25NO2/c1-11-2-4-13(10-11)15-8-6-12(7-9-15)3-5-14(16)17/h11-13H,2-10H2,1H3,(H,16,17). The molecule has 0 aromatic heterocycles. The predicted molar refractivity (Wildman–Crippen MR) is 68.0 cm³/mol. The number of carboxylic acid groups (broad SMARTS) is 1. The first-order valence-electron chi connectivity index (χ1n) is 7.11. The molecular formula is C14H25NO2. The third-order valence-corrected chi connectivity index (χ3v) is 4.60. The minimum atomic E-state index is -0.642. The first-order chi connectivity index (χ1) is 8.15. The SMILES string of the molecule is CC1CCC(N2CCC(CCC(=O)O)CC2)C1. The Morgan fingerprint density at radius 2 is 1.94 bits per heavy atom. The molecule has 1 saturated carbocycles. The summed E-state index contributed by atoms with van der Waals surface area (Å²) in [6.45, 7) is 4.75. The van der Waals surface area contributed by atoms with Crippen molar-refractivity contribution in [2.75, 3.05) is 13.1 Å². The molecule has 1 aliphatic heterocycles. The lowest BCUT2D eigenvalue weighted by molar-refractivity contribution is -0.137. The van der Waals surface area contributed by atoms with E-state index in [-0.39, 0.29) is 0 Å². The van der Waals surface area contributed by atoms with Crippen molar-refractivity contribution in [2.24, 2.45) is 11.8 Å². The highest BCUT2D eigenvalue weighted by Gasteiger charge is 2.29. The fourth-order valence-electron chi connectivity index (χ4n) is 3.44. The van der Waals surface area contributed by atoms with Crippen molar-refractivity contribution in [1.82, 2.24) is 4.90 Å². The lowest BCUT2D eigenvalue weighted by atomic mass is 9.91. The molecule has 1 N–H and O–H groups in total. The third kappa shape index (κ3) is 3.70. The fourth-order valence-corrected chi connectivity index (χ4v) is 3.44. The molecule has 0 aromatic rings. The number of hydrogen-bond acceptors (Lipinski definition) is 2. The van der Waals surface area contributed by atoms with E-state index in [1.165, 1.54) is 45.2 Å². The topological polar surface area (TPSA) is 40.5 Å². The Morgan fingerprint density at radius 1 is 1.24 bits per heavy atom. The summed E-state index contributed by atoms with van der Waals surface area (Å²) >= 11 is 0. The van der Waals surface area contributed by atoms with E-state index in [0.717, 1.165) is 18.4 Å². The monoisotopic (exact) mass is 239 g/mol. The molecule has 1 aliphatic carbocycles. The van der Waals surface area contributed by atoms with E-state index in [9.17, 15) is 4.79 Å². The highest BCUT2D eigenvalue weighted by Crippen LogP contribution is 2.32. The Kier molecular flexibility index (Phi) is 4.43. The summed E-state index contributed by atoms with van der Waals surface area (Å²) in [5, 5.41) is 8.69. The number of carboxylic acids is 1. The van der Waals surface area contributed by atoms with E-state index in [1.807, 2.05) is 0 Å². The maximum atomic E-state index is 10.5. The van der Waals surface area contributed by atoms with Crippen LogP contribution in [0.1, 0.15) is 51.9 Å². The second-order valence-corrected chi connectivity index (χ2v) is 5.98. The van der Waals surface area contributed by atoms with Crippen molar-refractivity contribution in [2.45, 2.75) is 57.9 Å². The van der Waals surface area contributed by atoms with Gasteiger partial charge in [0.05, 0.1) is 0 Å². The maximum absolute atomic E-state index is 10.5. The van der Waals surface area contributed by atoms with Gasteiger partial charge in [-0.05, 0) is 63.5 Å². The number of piperidine rings is 1. The molecule has 1 saturated heterocycles. The molecule has 0 aromatic carbocycles. The summed E-state index contributed by atoms with van der Waals surface area (Å²) in [6.07, 6.45) is 7.79. The Morgan fingerprint density at radius 3 is 2.47 bits per heavy atom. The number of rotatable bonds is 4. The average molecular weight is 239 g/mol. The van der Waals surface area contributed by atoms with E-state index >= 15 is 0 Å². The smallest absolute Gasteiger partial charge is 0.303 e. The number of nitrogens with zero attached hydrogens (tertiary/aromatic N) is 1. The van der Waals surface area contributed by atoms with Crippen LogP contribution in [0, 0.1) is 11.8 Å². The number of hydrogen-bond donors (Lipinski definition) is 1. The second-order valence-electron chi connectivity index (χ2n) is 5.98. The molecular weight excluding hydrogens is 214 g/mol. The van der Waals surface area contributed by atoms with Gasteiger partial charge in [-0.15, -0.1) is 0 Å². The van der Waals surface area contributed by atoms with Crippen LogP contribution in [0.15, 0.2) is 0 Å². The van der Waals surface area contributed by atoms with Gasteiger partial charge in [-0.25, -0.2) is 0 Å². The van der Waals surface area contributed by atoms with Crippen LogP contribution < -0.4 is 0 Å². The van der Waals surface area contributed by atoms with Crippen molar-refractivity contribution < 1.29 is 9.90 Å². The van der Waals surface area contributed by atoms with Gasteiger partial charge in [-0.2, -0.15) is 0 Å². The van der Waals surface area contributed by atoms with Gasteiger partial charge in [-0.3, -0.25) is 4.79 Å². The molecule has 0 bridgehead atoms. The van der Waals surface area contributed by atoms with E-state index < -0.39 is 5.97 Å². The molecule has 2 aliphatic rings. The molecule has 3 nitrogen and oxygen atoms in total. The van der Waals surface area contributed by atoms with Crippen molar-refractivity contribution in [3.63, 3.8) is 0 Å². The summed E-state index contributed by atoms with van der Waals surface area (Å²) < 4.78 is 0. The normalized spacial score (nSPS) is 31.8. The molecule has 1 heterocycles. The maximum Gasteiger partial charge on any atom is 0.303 e. The molecule has 2 unspecified atom stereocenters.